The van der Waals surface area contributed by atoms with Gasteiger partial charge in [0.15, 0.2) is 0 Å². The lowest BCUT2D eigenvalue weighted by molar-refractivity contribution is -0.137. The summed E-state index contributed by atoms with van der Waals surface area (Å²) < 4.78 is 4.71. The third-order valence-electron chi connectivity index (χ3n) is 1.86. The predicted octanol–water partition coefficient (Wildman–Crippen LogP) is 0.349. The lowest BCUT2D eigenvalue weighted by atomic mass is 10.0. The maximum absolute atomic E-state index is 10.9. The van der Waals surface area contributed by atoms with Crippen molar-refractivity contribution in [1.29, 1.82) is 0 Å². The Morgan fingerprint density at radius 1 is 1.44 bits per heavy atom. The number of rotatable bonds is 7. The van der Waals surface area contributed by atoms with Crippen molar-refractivity contribution in [2.24, 2.45) is 5.73 Å². The summed E-state index contributed by atoms with van der Waals surface area (Å²) in [6, 6.07) is 0. The van der Waals surface area contributed by atoms with Crippen molar-refractivity contribution in [2.45, 2.75) is 32.7 Å². The molecular formula is C11H20N2O3. The summed E-state index contributed by atoms with van der Waals surface area (Å²) in [6.45, 7) is 6.34. The maximum Gasteiger partial charge on any atom is 0.330 e. The zero-order valence-corrected chi connectivity index (χ0v) is 10.1. The summed E-state index contributed by atoms with van der Waals surface area (Å²) in [5.74, 6) is -0.719. The minimum absolute atomic E-state index is 0.250. The van der Waals surface area contributed by atoms with Crippen LogP contribution in [0.1, 0.15) is 27.2 Å². The molecule has 0 spiro atoms. The molecule has 5 heteroatoms. The maximum atomic E-state index is 10.9. The predicted molar refractivity (Wildman–Crippen MR) is 61.7 cm³/mol. The minimum Gasteiger partial charge on any atom is -0.463 e. The van der Waals surface area contributed by atoms with E-state index >= 15 is 0 Å². The molecule has 0 saturated heterocycles. The molecule has 0 atom stereocenters. The third kappa shape index (κ3) is 7.99. The summed E-state index contributed by atoms with van der Waals surface area (Å²) in [6.07, 6.45) is 3.26. The molecule has 0 heterocycles. The molecule has 5 nitrogen and oxygen atoms in total. The molecule has 92 valence electrons. The highest BCUT2D eigenvalue weighted by Crippen LogP contribution is 2.06. The second kappa shape index (κ2) is 7.00. The van der Waals surface area contributed by atoms with E-state index in [9.17, 15) is 9.59 Å². The molecule has 0 aromatic rings. The molecule has 16 heavy (non-hydrogen) atoms. The van der Waals surface area contributed by atoms with Crippen molar-refractivity contribution in [3.63, 3.8) is 0 Å². The molecule has 0 aromatic carbocycles. The number of carbonyl (C=O) groups is 2. The van der Waals surface area contributed by atoms with Crippen molar-refractivity contribution >= 4 is 11.9 Å². The van der Waals surface area contributed by atoms with Crippen LogP contribution in [0.25, 0.3) is 0 Å². The van der Waals surface area contributed by atoms with E-state index in [2.05, 4.69) is 5.32 Å². The number of nitrogens with two attached hydrogens (primary N) is 1. The van der Waals surface area contributed by atoms with Crippen LogP contribution in [0.15, 0.2) is 12.2 Å². The lowest BCUT2D eigenvalue weighted by Gasteiger charge is -2.23. The van der Waals surface area contributed by atoms with Gasteiger partial charge in [0.25, 0.3) is 0 Å². The SMILES string of the molecule is CCOC(=O)/C=C/CNC(C)(C)CC(N)=O. The van der Waals surface area contributed by atoms with Gasteiger partial charge >= 0.3 is 5.97 Å². The van der Waals surface area contributed by atoms with Crippen molar-refractivity contribution in [1.82, 2.24) is 5.32 Å². The molecule has 0 aliphatic heterocycles. The van der Waals surface area contributed by atoms with Crippen molar-refractivity contribution in [3.05, 3.63) is 12.2 Å². The Morgan fingerprint density at radius 3 is 2.56 bits per heavy atom. The smallest absolute Gasteiger partial charge is 0.330 e. The first-order valence-corrected chi connectivity index (χ1v) is 5.24. The Morgan fingerprint density at radius 2 is 2.06 bits per heavy atom. The fraction of sp³-hybridized carbons (Fsp3) is 0.636. The van der Waals surface area contributed by atoms with Gasteiger partial charge in [-0.2, -0.15) is 0 Å². The van der Waals surface area contributed by atoms with Gasteiger partial charge in [0.1, 0.15) is 0 Å². The van der Waals surface area contributed by atoms with Gasteiger partial charge in [0.2, 0.25) is 5.91 Å². The van der Waals surface area contributed by atoms with E-state index in [1.54, 1.807) is 13.0 Å². The average molecular weight is 228 g/mol. The second-order valence-electron chi connectivity index (χ2n) is 4.06. The van der Waals surface area contributed by atoms with Crippen LogP contribution in [0, 0.1) is 0 Å². The van der Waals surface area contributed by atoms with E-state index in [0.717, 1.165) is 0 Å². The molecule has 0 aromatic heterocycles. The Labute approximate surface area is 96.0 Å². The number of carbonyl (C=O) groups excluding carboxylic acids is 2. The Hall–Kier alpha value is -1.36. The van der Waals surface area contributed by atoms with Crippen molar-refractivity contribution < 1.29 is 14.3 Å². The molecule has 0 unspecified atom stereocenters. The lowest BCUT2D eigenvalue weighted by Crippen LogP contribution is -2.42. The molecule has 1 amide bonds. The topological polar surface area (TPSA) is 81.4 Å². The Balaban J connectivity index is 3.88. The van der Waals surface area contributed by atoms with E-state index in [0.29, 0.717) is 13.2 Å². The molecule has 0 radical (unpaired) electrons. The van der Waals surface area contributed by atoms with Crippen molar-refractivity contribution in [2.75, 3.05) is 13.2 Å². The van der Waals surface area contributed by atoms with E-state index in [1.807, 2.05) is 13.8 Å². The van der Waals surface area contributed by atoms with Gasteiger partial charge in [-0.1, -0.05) is 6.08 Å². The molecular weight excluding hydrogens is 208 g/mol. The molecule has 0 saturated carbocycles. The number of nitrogens with one attached hydrogen (secondary N) is 1. The number of esters is 1. The van der Waals surface area contributed by atoms with E-state index in [1.165, 1.54) is 6.08 Å². The molecule has 0 bridgehead atoms. The van der Waals surface area contributed by atoms with E-state index in [4.69, 9.17) is 10.5 Å². The first-order chi connectivity index (χ1) is 7.37. The van der Waals surface area contributed by atoms with Crippen LogP contribution in [0.4, 0.5) is 0 Å². The largest absolute Gasteiger partial charge is 0.463 e. The average Bonchev–Trinajstić information content (AvgIpc) is 2.11. The summed E-state index contributed by atoms with van der Waals surface area (Å²) in [4.78, 5) is 21.7. The Kier molecular flexibility index (Phi) is 6.41. The molecule has 0 fully saturated rings. The van der Waals surface area contributed by atoms with Gasteiger partial charge in [0.05, 0.1) is 6.61 Å². The van der Waals surface area contributed by atoms with Crippen molar-refractivity contribution in [3.8, 4) is 0 Å². The monoisotopic (exact) mass is 228 g/mol. The van der Waals surface area contributed by atoms with Gasteiger partial charge in [-0.15, -0.1) is 0 Å². The molecule has 0 aliphatic rings. The zero-order valence-electron chi connectivity index (χ0n) is 10.1. The Bertz CT molecular complexity index is 272. The van der Waals surface area contributed by atoms with Crippen LogP contribution in [0.2, 0.25) is 0 Å². The van der Waals surface area contributed by atoms with Gasteiger partial charge in [0, 0.05) is 24.6 Å². The van der Waals surface area contributed by atoms with Gasteiger partial charge in [-0.05, 0) is 20.8 Å². The number of ether oxygens (including phenoxy) is 1. The first kappa shape index (κ1) is 14.6. The summed E-state index contributed by atoms with van der Waals surface area (Å²) >= 11 is 0. The number of primary amides is 1. The molecule has 3 N–H and O–H groups in total. The fourth-order valence-corrected chi connectivity index (χ4v) is 1.18. The minimum atomic E-state index is -0.370. The van der Waals surface area contributed by atoms with Crippen LogP contribution in [-0.2, 0) is 14.3 Å². The highest BCUT2D eigenvalue weighted by molar-refractivity contribution is 5.81. The summed E-state index contributed by atoms with van der Waals surface area (Å²) in [5, 5.41) is 3.09. The number of amides is 1. The zero-order chi connectivity index (χ0) is 12.6. The van der Waals surface area contributed by atoms with Gasteiger partial charge in [-0.25, -0.2) is 4.79 Å². The highest BCUT2D eigenvalue weighted by Gasteiger charge is 2.18. The standard InChI is InChI=1S/C11H20N2O3/c1-4-16-10(15)6-5-7-13-11(2,3)8-9(12)14/h5-6,13H,4,7-8H2,1-3H3,(H2,12,14)/b6-5+. The summed E-state index contributed by atoms with van der Waals surface area (Å²) in [7, 11) is 0. The van der Waals surface area contributed by atoms with E-state index in [-0.39, 0.29) is 23.8 Å². The fourth-order valence-electron chi connectivity index (χ4n) is 1.18. The second-order valence-corrected chi connectivity index (χ2v) is 4.06. The van der Waals surface area contributed by atoms with Crippen LogP contribution in [-0.4, -0.2) is 30.6 Å². The third-order valence-corrected chi connectivity index (χ3v) is 1.86. The highest BCUT2D eigenvalue weighted by atomic mass is 16.5. The quantitative estimate of drug-likeness (QED) is 0.486. The number of hydrogen-bond acceptors (Lipinski definition) is 4. The normalized spacial score (nSPS) is 11.7. The van der Waals surface area contributed by atoms with Crippen LogP contribution in [0.3, 0.4) is 0 Å². The van der Waals surface area contributed by atoms with Gasteiger partial charge < -0.3 is 15.8 Å². The number of hydrogen-bond donors (Lipinski definition) is 2. The van der Waals surface area contributed by atoms with E-state index < -0.39 is 0 Å². The first-order valence-electron chi connectivity index (χ1n) is 5.24. The van der Waals surface area contributed by atoms with Gasteiger partial charge in [-0.3, -0.25) is 4.79 Å². The van der Waals surface area contributed by atoms with Crippen LogP contribution < -0.4 is 11.1 Å². The van der Waals surface area contributed by atoms with Crippen LogP contribution >= 0.6 is 0 Å². The molecule has 0 aliphatic carbocycles. The molecule has 0 rings (SSSR count). The van der Waals surface area contributed by atoms with Crippen LogP contribution in [0.5, 0.6) is 0 Å². The summed E-state index contributed by atoms with van der Waals surface area (Å²) in [5.41, 5.74) is 4.73.